The number of nitrogens with one attached hydrogen (secondary N) is 1. The summed E-state index contributed by atoms with van der Waals surface area (Å²) in [5, 5.41) is 5.52. The molecule has 0 spiro atoms. The molecule has 1 aromatic heterocycles. The van der Waals surface area contributed by atoms with Crippen molar-refractivity contribution in [3.8, 4) is 0 Å². The summed E-state index contributed by atoms with van der Waals surface area (Å²) in [5.41, 5.74) is 1.44. The van der Waals surface area contributed by atoms with Crippen LogP contribution in [0.2, 0.25) is 0 Å². The Kier molecular flexibility index (Phi) is 7.55. The topological polar surface area (TPSA) is 65.5 Å². The molecule has 154 valence electrons. The first-order valence-corrected chi connectivity index (χ1v) is 11.0. The molecule has 3 rings (SSSR count). The Balaban J connectivity index is 1.57. The van der Waals surface area contributed by atoms with Gasteiger partial charge in [0.05, 0.1) is 11.4 Å². The highest BCUT2D eigenvalue weighted by atomic mass is 32.1. The molecule has 0 atom stereocenters. The number of hydrogen-bond acceptors (Lipinski definition) is 5. The van der Waals surface area contributed by atoms with E-state index in [9.17, 15) is 9.59 Å². The molecule has 1 N–H and O–H groups in total. The highest BCUT2D eigenvalue weighted by molar-refractivity contribution is 7.14. The van der Waals surface area contributed by atoms with Gasteiger partial charge in [-0.15, -0.1) is 11.3 Å². The second-order valence-corrected chi connectivity index (χ2v) is 8.04. The second-order valence-electron chi connectivity index (χ2n) is 7.20. The molecule has 2 amide bonds. The third kappa shape index (κ3) is 5.98. The molecule has 0 bridgehead atoms. The minimum atomic E-state index is -0.103. The molecule has 1 aliphatic rings. The molecule has 29 heavy (non-hydrogen) atoms. The molecule has 1 saturated heterocycles. The number of likely N-dealkylation sites (tertiary alicyclic amines) is 1. The highest BCUT2D eigenvalue weighted by Gasteiger charge is 2.20. The Labute approximate surface area is 176 Å². The Morgan fingerprint density at radius 1 is 1.28 bits per heavy atom. The SMILES string of the molecule is CCCN1CCC(NC(=O)/C=C/c2csc(N(C(C)=O)c3ccccc3)n2)CC1. The largest absolute Gasteiger partial charge is 0.350 e. The zero-order valence-electron chi connectivity index (χ0n) is 17.0. The van der Waals surface area contributed by atoms with E-state index in [1.165, 1.54) is 30.8 Å². The molecular formula is C22H28N4O2S. The summed E-state index contributed by atoms with van der Waals surface area (Å²) in [4.78, 5) is 32.9. The number of hydrogen-bond donors (Lipinski definition) is 1. The van der Waals surface area contributed by atoms with Crippen LogP contribution in [0.25, 0.3) is 6.08 Å². The Bertz CT molecular complexity index is 842. The summed E-state index contributed by atoms with van der Waals surface area (Å²) in [5.74, 6) is -0.201. The third-order valence-electron chi connectivity index (χ3n) is 4.91. The molecule has 0 unspecified atom stereocenters. The predicted octanol–water partition coefficient (Wildman–Crippen LogP) is 3.83. The van der Waals surface area contributed by atoms with Crippen molar-refractivity contribution in [2.75, 3.05) is 24.5 Å². The molecule has 1 aliphatic heterocycles. The first kappa shape index (κ1) is 21.2. The van der Waals surface area contributed by atoms with Gasteiger partial charge < -0.3 is 10.2 Å². The molecule has 1 aromatic carbocycles. The van der Waals surface area contributed by atoms with Crippen molar-refractivity contribution in [1.82, 2.24) is 15.2 Å². The number of carbonyl (C=O) groups is 2. The summed E-state index contributed by atoms with van der Waals surface area (Å²) in [6.45, 7) is 6.92. The number of thiazole rings is 1. The van der Waals surface area contributed by atoms with Gasteiger partial charge in [-0.3, -0.25) is 14.5 Å². The van der Waals surface area contributed by atoms with Crippen molar-refractivity contribution in [3.05, 3.63) is 47.5 Å². The zero-order chi connectivity index (χ0) is 20.6. The minimum Gasteiger partial charge on any atom is -0.350 e. The Morgan fingerprint density at radius 3 is 2.66 bits per heavy atom. The molecule has 7 heteroatoms. The highest BCUT2D eigenvalue weighted by Crippen LogP contribution is 2.29. The smallest absolute Gasteiger partial charge is 0.244 e. The number of aromatic nitrogens is 1. The van der Waals surface area contributed by atoms with Gasteiger partial charge in [0.25, 0.3) is 0 Å². The minimum absolute atomic E-state index is 0.0972. The van der Waals surface area contributed by atoms with Crippen molar-refractivity contribution in [2.45, 2.75) is 39.2 Å². The van der Waals surface area contributed by atoms with Crippen LogP contribution in [0.3, 0.4) is 0 Å². The maximum Gasteiger partial charge on any atom is 0.244 e. The lowest BCUT2D eigenvalue weighted by atomic mass is 10.0. The van der Waals surface area contributed by atoms with E-state index in [1.807, 2.05) is 35.7 Å². The van der Waals surface area contributed by atoms with Crippen LogP contribution >= 0.6 is 11.3 Å². The molecule has 2 aromatic rings. The van der Waals surface area contributed by atoms with Crippen LogP contribution in [-0.4, -0.2) is 47.4 Å². The number of piperidine rings is 1. The molecule has 2 heterocycles. The molecule has 0 saturated carbocycles. The van der Waals surface area contributed by atoms with Gasteiger partial charge in [-0.1, -0.05) is 25.1 Å². The lowest BCUT2D eigenvalue weighted by Gasteiger charge is -2.31. The van der Waals surface area contributed by atoms with Gasteiger partial charge in [0.15, 0.2) is 5.13 Å². The van der Waals surface area contributed by atoms with Crippen LogP contribution in [0.4, 0.5) is 10.8 Å². The van der Waals surface area contributed by atoms with E-state index in [-0.39, 0.29) is 17.9 Å². The average molecular weight is 413 g/mol. The number of rotatable bonds is 7. The Morgan fingerprint density at radius 2 is 2.00 bits per heavy atom. The summed E-state index contributed by atoms with van der Waals surface area (Å²) in [6, 6.07) is 9.66. The van der Waals surface area contributed by atoms with E-state index in [1.54, 1.807) is 11.0 Å². The summed E-state index contributed by atoms with van der Waals surface area (Å²) in [7, 11) is 0. The van der Waals surface area contributed by atoms with E-state index in [0.29, 0.717) is 10.8 Å². The van der Waals surface area contributed by atoms with E-state index < -0.39 is 0 Å². The van der Waals surface area contributed by atoms with Crippen LogP contribution in [-0.2, 0) is 9.59 Å². The van der Waals surface area contributed by atoms with E-state index in [2.05, 4.69) is 22.1 Å². The normalized spacial score (nSPS) is 15.5. The molecule has 0 radical (unpaired) electrons. The first-order valence-electron chi connectivity index (χ1n) is 10.1. The average Bonchev–Trinajstić information content (AvgIpc) is 3.17. The number of para-hydroxylation sites is 1. The molecule has 0 aliphatic carbocycles. The fourth-order valence-electron chi connectivity index (χ4n) is 3.49. The number of amides is 2. The zero-order valence-corrected chi connectivity index (χ0v) is 17.8. The predicted molar refractivity (Wildman–Crippen MR) is 118 cm³/mol. The van der Waals surface area contributed by atoms with Gasteiger partial charge in [-0.25, -0.2) is 4.98 Å². The fraction of sp³-hybridized carbons (Fsp3) is 0.409. The number of carbonyl (C=O) groups excluding carboxylic acids is 2. The maximum absolute atomic E-state index is 12.3. The third-order valence-corrected chi connectivity index (χ3v) is 5.75. The van der Waals surface area contributed by atoms with E-state index >= 15 is 0 Å². The number of benzene rings is 1. The van der Waals surface area contributed by atoms with Gasteiger partial charge in [-0.05, 0) is 44.0 Å². The van der Waals surface area contributed by atoms with Gasteiger partial charge in [0.1, 0.15) is 0 Å². The van der Waals surface area contributed by atoms with Crippen molar-refractivity contribution in [1.29, 1.82) is 0 Å². The van der Waals surface area contributed by atoms with Crippen molar-refractivity contribution in [2.24, 2.45) is 0 Å². The molecule has 1 fully saturated rings. The first-order chi connectivity index (χ1) is 14.1. The van der Waals surface area contributed by atoms with Gasteiger partial charge in [0.2, 0.25) is 11.8 Å². The van der Waals surface area contributed by atoms with Gasteiger partial charge in [0, 0.05) is 37.5 Å². The van der Waals surface area contributed by atoms with E-state index in [0.717, 1.165) is 38.2 Å². The second kappa shape index (κ2) is 10.3. The van der Waals surface area contributed by atoms with Crippen LogP contribution < -0.4 is 10.2 Å². The Hall–Kier alpha value is -2.51. The van der Waals surface area contributed by atoms with Crippen LogP contribution in [0, 0.1) is 0 Å². The summed E-state index contributed by atoms with van der Waals surface area (Å²) in [6.07, 6.45) is 6.37. The lowest BCUT2D eigenvalue weighted by molar-refractivity contribution is -0.117. The number of anilines is 2. The lowest BCUT2D eigenvalue weighted by Crippen LogP contribution is -2.44. The van der Waals surface area contributed by atoms with Gasteiger partial charge in [-0.2, -0.15) is 0 Å². The number of nitrogens with zero attached hydrogens (tertiary/aromatic N) is 3. The van der Waals surface area contributed by atoms with Crippen LogP contribution in [0.15, 0.2) is 41.8 Å². The quantitative estimate of drug-likeness (QED) is 0.702. The molecular weight excluding hydrogens is 384 g/mol. The van der Waals surface area contributed by atoms with Crippen molar-refractivity contribution in [3.63, 3.8) is 0 Å². The van der Waals surface area contributed by atoms with Gasteiger partial charge >= 0.3 is 0 Å². The van der Waals surface area contributed by atoms with Crippen LogP contribution in [0.5, 0.6) is 0 Å². The van der Waals surface area contributed by atoms with Crippen LogP contribution in [0.1, 0.15) is 38.8 Å². The maximum atomic E-state index is 12.3. The van der Waals surface area contributed by atoms with Crippen molar-refractivity contribution < 1.29 is 9.59 Å². The molecule has 6 nitrogen and oxygen atoms in total. The van der Waals surface area contributed by atoms with E-state index in [4.69, 9.17) is 0 Å². The summed E-state index contributed by atoms with van der Waals surface area (Å²) >= 11 is 1.38. The fourth-order valence-corrected chi connectivity index (χ4v) is 4.34. The van der Waals surface area contributed by atoms with Crippen molar-refractivity contribution >= 4 is 40.0 Å². The monoisotopic (exact) mass is 412 g/mol. The summed E-state index contributed by atoms with van der Waals surface area (Å²) < 4.78 is 0. The standard InChI is InChI=1S/C22H28N4O2S/c1-3-13-25-14-11-18(12-15-25)23-21(28)10-9-19-16-29-22(24-19)26(17(2)27)20-7-5-4-6-8-20/h4-10,16,18H,3,11-15H2,1-2H3,(H,23,28)/b10-9+.